The van der Waals surface area contributed by atoms with Crippen molar-refractivity contribution in [2.75, 3.05) is 18.0 Å². The van der Waals surface area contributed by atoms with Gasteiger partial charge in [-0.05, 0) is 17.9 Å². The number of halogens is 2. The fourth-order valence-corrected chi connectivity index (χ4v) is 2.71. The van der Waals surface area contributed by atoms with Crippen molar-refractivity contribution in [2.24, 2.45) is 5.41 Å². The van der Waals surface area contributed by atoms with E-state index in [1.165, 1.54) is 6.07 Å². The molecular formula is C12H14Cl2N2O2. The zero-order valence-corrected chi connectivity index (χ0v) is 11.7. The number of hydrogen-bond donors (Lipinski definition) is 1. The lowest BCUT2D eigenvalue weighted by atomic mass is 9.93. The average Bonchev–Trinajstić information content (AvgIpc) is 2.56. The molecule has 4 nitrogen and oxygen atoms in total. The largest absolute Gasteiger partial charge is 0.478 e. The molecule has 0 saturated carbocycles. The Morgan fingerprint density at radius 2 is 2.17 bits per heavy atom. The number of hydrogen-bond acceptors (Lipinski definition) is 3. The Morgan fingerprint density at radius 1 is 1.50 bits per heavy atom. The summed E-state index contributed by atoms with van der Waals surface area (Å²) in [5.41, 5.74) is 0.172. The molecule has 0 bridgehead atoms. The number of carboxylic acid groups (broad SMARTS) is 1. The van der Waals surface area contributed by atoms with Crippen LogP contribution in [0.5, 0.6) is 0 Å². The van der Waals surface area contributed by atoms with Gasteiger partial charge >= 0.3 is 5.97 Å². The molecule has 0 spiro atoms. The zero-order valence-electron chi connectivity index (χ0n) is 10.2. The predicted molar refractivity (Wildman–Crippen MR) is 71.8 cm³/mol. The van der Waals surface area contributed by atoms with Crippen LogP contribution >= 0.6 is 23.2 Å². The third-order valence-corrected chi connectivity index (χ3v) is 3.60. The van der Waals surface area contributed by atoms with Crippen LogP contribution in [0, 0.1) is 5.41 Å². The molecule has 0 unspecified atom stereocenters. The molecule has 0 atom stereocenters. The number of rotatable bonds is 2. The van der Waals surface area contributed by atoms with Gasteiger partial charge in [0.2, 0.25) is 0 Å². The van der Waals surface area contributed by atoms with Crippen LogP contribution in [0.3, 0.4) is 0 Å². The first-order chi connectivity index (χ1) is 8.30. The van der Waals surface area contributed by atoms with Gasteiger partial charge in [-0.2, -0.15) is 0 Å². The van der Waals surface area contributed by atoms with E-state index in [9.17, 15) is 9.90 Å². The van der Waals surface area contributed by atoms with Gasteiger partial charge in [-0.3, -0.25) is 0 Å². The van der Waals surface area contributed by atoms with E-state index in [2.05, 4.69) is 18.8 Å². The minimum absolute atomic E-state index is 0.0266. The Bertz CT molecular complexity index is 503. The fourth-order valence-electron chi connectivity index (χ4n) is 2.19. The van der Waals surface area contributed by atoms with Crippen molar-refractivity contribution in [1.82, 2.24) is 4.98 Å². The van der Waals surface area contributed by atoms with Crippen molar-refractivity contribution in [1.29, 1.82) is 0 Å². The van der Waals surface area contributed by atoms with Gasteiger partial charge in [-0.15, -0.1) is 0 Å². The smallest absolute Gasteiger partial charge is 0.341 e. The number of carbonyl (C=O) groups is 1. The second-order valence-electron chi connectivity index (χ2n) is 5.27. The summed E-state index contributed by atoms with van der Waals surface area (Å²) in [5, 5.41) is 9.57. The molecule has 1 aliphatic rings. The zero-order chi connectivity index (χ0) is 13.5. The monoisotopic (exact) mass is 288 g/mol. The molecule has 1 saturated heterocycles. The first-order valence-corrected chi connectivity index (χ1v) is 6.40. The Kier molecular flexibility index (Phi) is 3.43. The molecule has 1 aromatic heterocycles. The summed E-state index contributed by atoms with van der Waals surface area (Å²) in [7, 11) is 0. The molecule has 1 fully saturated rings. The Labute approximate surface area is 116 Å². The third kappa shape index (κ3) is 2.54. The van der Waals surface area contributed by atoms with E-state index < -0.39 is 5.97 Å². The highest BCUT2D eigenvalue weighted by Gasteiger charge is 2.33. The molecule has 18 heavy (non-hydrogen) atoms. The molecule has 98 valence electrons. The minimum atomic E-state index is -1.08. The molecule has 2 rings (SSSR count). The molecular weight excluding hydrogens is 275 g/mol. The summed E-state index contributed by atoms with van der Waals surface area (Å²) in [6, 6.07) is 1.36. The van der Waals surface area contributed by atoms with Gasteiger partial charge in [0.15, 0.2) is 0 Å². The fraction of sp³-hybridized carbons (Fsp3) is 0.500. The minimum Gasteiger partial charge on any atom is -0.478 e. The second-order valence-corrected chi connectivity index (χ2v) is 6.06. The summed E-state index contributed by atoms with van der Waals surface area (Å²) in [6.07, 6.45) is 0.984. The SMILES string of the molecule is CC1(C)CCN(c2nc(Cl)cc(Cl)c2C(=O)O)C1. The summed E-state index contributed by atoms with van der Waals surface area (Å²) >= 11 is 11.8. The van der Waals surface area contributed by atoms with Crippen LogP contribution in [0.1, 0.15) is 30.6 Å². The molecule has 1 aromatic rings. The molecule has 0 radical (unpaired) electrons. The molecule has 6 heteroatoms. The van der Waals surface area contributed by atoms with E-state index in [1.807, 2.05) is 4.90 Å². The van der Waals surface area contributed by atoms with Gasteiger partial charge in [-0.1, -0.05) is 37.0 Å². The normalized spacial score (nSPS) is 18.1. The van der Waals surface area contributed by atoms with Crippen molar-refractivity contribution < 1.29 is 9.90 Å². The molecule has 2 heterocycles. The maximum Gasteiger partial charge on any atom is 0.341 e. The van der Waals surface area contributed by atoms with Crippen molar-refractivity contribution in [2.45, 2.75) is 20.3 Å². The highest BCUT2D eigenvalue weighted by molar-refractivity contribution is 6.36. The number of nitrogens with zero attached hydrogens (tertiary/aromatic N) is 2. The maximum atomic E-state index is 11.3. The number of anilines is 1. The van der Waals surface area contributed by atoms with Crippen LogP contribution in [-0.4, -0.2) is 29.1 Å². The first kappa shape index (κ1) is 13.4. The van der Waals surface area contributed by atoms with Crippen LogP contribution in [0.25, 0.3) is 0 Å². The van der Waals surface area contributed by atoms with Crippen molar-refractivity contribution >= 4 is 35.0 Å². The van der Waals surface area contributed by atoms with E-state index in [0.717, 1.165) is 19.5 Å². The Balaban J connectivity index is 2.47. The van der Waals surface area contributed by atoms with E-state index >= 15 is 0 Å². The molecule has 0 aromatic carbocycles. The highest BCUT2D eigenvalue weighted by atomic mass is 35.5. The van der Waals surface area contributed by atoms with Gasteiger partial charge in [-0.25, -0.2) is 9.78 Å². The molecule has 0 amide bonds. The van der Waals surface area contributed by atoms with Gasteiger partial charge in [0.25, 0.3) is 0 Å². The van der Waals surface area contributed by atoms with Crippen LogP contribution in [0.15, 0.2) is 6.07 Å². The number of pyridine rings is 1. The van der Waals surface area contributed by atoms with Crippen LogP contribution in [0.2, 0.25) is 10.2 Å². The lowest BCUT2D eigenvalue weighted by Gasteiger charge is -2.22. The van der Waals surface area contributed by atoms with Crippen molar-refractivity contribution in [3.8, 4) is 0 Å². The molecule has 1 aliphatic heterocycles. The third-order valence-electron chi connectivity index (χ3n) is 3.11. The Morgan fingerprint density at radius 3 is 2.67 bits per heavy atom. The van der Waals surface area contributed by atoms with Crippen molar-refractivity contribution in [3.05, 3.63) is 21.8 Å². The maximum absolute atomic E-state index is 11.3. The van der Waals surface area contributed by atoms with E-state index in [0.29, 0.717) is 5.82 Å². The molecule has 0 aliphatic carbocycles. The van der Waals surface area contributed by atoms with Gasteiger partial charge in [0.1, 0.15) is 16.5 Å². The number of carboxylic acids is 1. The van der Waals surface area contributed by atoms with E-state index in [4.69, 9.17) is 23.2 Å². The lowest BCUT2D eigenvalue weighted by Crippen LogP contribution is -2.26. The number of aromatic nitrogens is 1. The van der Waals surface area contributed by atoms with Crippen LogP contribution in [-0.2, 0) is 0 Å². The van der Waals surface area contributed by atoms with Crippen molar-refractivity contribution in [3.63, 3.8) is 0 Å². The van der Waals surface area contributed by atoms with Crippen LogP contribution in [0.4, 0.5) is 5.82 Å². The standard InChI is InChI=1S/C12H14Cl2N2O2/c1-12(2)3-4-16(6-12)10-9(11(17)18)7(13)5-8(14)15-10/h5H,3-4,6H2,1-2H3,(H,17,18). The van der Waals surface area contributed by atoms with Gasteiger partial charge in [0.05, 0.1) is 5.02 Å². The summed E-state index contributed by atoms with van der Waals surface area (Å²) < 4.78 is 0. The predicted octanol–water partition coefficient (Wildman–Crippen LogP) is 3.32. The van der Waals surface area contributed by atoms with E-state index in [-0.39, 0.29) is 21.2 Å². The van der Waals surface area contributed by atoms with Gasteiger partial charge in [0, 0.05) is 13.1 Å². The lowest BCUT2D eigenvalue weighted by molar-refractivity contribution is 0.0697. The average molecular weight is 289 g/mol. The summed E-state index contributed by atoms with van der Waals surface area (Å²) in [4.78, 5) is 17.3. The second kappa shape index (κ2) is 4.59. The molecule has 1 N–H and O–H groups in total. The quantitative estimate of drug-likeness (QED) is 0.848. The number of aromatic carboxylic acids is 1. The summed E-state index contributed by atoms with van der Waals surface area (Å²) in [6.45, 7) is 5.78. The van der Waals surface area contributed by atoms with Crippen LogP contribution < -0.4 is 4.90 Å². The Hall–Kier alpha value is -1.00. The topological polar surface area (TPSA) is 53.4 Å². The van der Waals surface area contributed by atoms with E-state index in [1.54, 1.807) is 0 Å². The first-order valence-electron chi connectivity index (χ1n) is 5.64. The summed E-state index contributed by atoms with van der Waals surface area (Å²) in [5.74, 6) is -0.713. The van der Waals surface area contributed by atoms with Gasteiger partial charge < -0.3 is 10.0 Å². The highest BCUT2D eigenvalue weighted by Crippen LogP contribution is 2.36.